The zero-order valence-electron chi connectivity index (χ0n) is 13.6. The van der Waals surface area contributed by atoms with Crippen LogP contribution >= 0.6 is 0 Å². The highest BCUT2D eigenvalue weighted by atomic mass is 16.3. The van der Waals surface area contributed by atoms with Gasteiger partial charge in [0, 0.05) is 5.69 Å². The van der Waals surface area contributed by atoms with E-state index in [2.05, 4.69) is 30.2 Å². The van der Waals surface area contributed by atoms with Crippen LogP contribution in [0.25, 0.3) is 0 Å². The molecule has 0 aromatic heterocycles. The van der Waals surface area contributed by atoms with Crippen molar-refractivity contribution in [2.24, 2.45) is 10.7 Å². The number of aliphatic imine (C=N–C) groups is 1. The smallest absolute Gasteiger partial charge is 0.193 e. The van der Waals surface area contributed by atoms with E-state index in [1.807, 2.05) is 38.1 Å². The minimum absolute atomic E-state index is 0.342. The number of phenols is 1. The average Bonchev–Trinajstić information content (AvgIpc) is 2.46. The maximum absolute atomic E-state index is 9.78. The standard InChI is InChI=1S/C18H23N3O/c1-11-5-6-16(9-12(11)2)21-18(19)20-10-15-7-13(3)17(22)14(4)8-15/h5-9,22H,10H2,1-4H3,(H3,19,20,21). The van der Waals surface area contributed by atoms with Crippen LogP contribution in [0.5, 0.6) is 5.75 Å². The van der Waals surface area contributed by atoms with Crippen molar-refractivity contribution in [2.45, 2.75) is 34.2 Å². The fourth-order valence-electron chi connectivity index (χ4n) is 2.32. The second kappa shape index (κ2) is 6.52. The summed E-state index contributed by atoms with van der Waals surface area (Å²) in [7, 11) is 0. The molecule has 0 saturated carbocycles. The number of phenolic OH excluding ortho intramolecular Hbond substituents is 1. The first-order valence-corrected chi connectivity index (χ1v) is 7.30. The van der Waals surface area contributed by atoms with Crippen molar-refractivity contribution in [1.82, 2.24) is 0 Å². The Kier molecular flexibility index (Phi) is 4.71. The van der Waals surface area contributed by atoms with Gasteiger partial charge in [-0.05, 0) is 67.6 Å². The van der Waals surface area contributed by atoms with Crippen LogP contribution < -0.4 is 11.1 Å². The van der Waals surface area contributed by atoms with Gasteiger partial charge in [-0.2, -0.15) is 0 Å². The number of aryl methyl sites for hydroxylation is 4. The Labute approximate surface area is 131 Å². The van der Waals surface area contributed by atoms with E-state index in [0.717, 1.165) is 22.4 Å². The molecule has 2 aromatic carbocycles. The van der Waals surface area contributed by atoms with E-state index in [4.69, 9.17) is 5.73 Å². The number of anilines is 1. The van der Waals surface area contributed by atoms with Gasteiger partial charge in [0.2, 0.25) is 0 Å². The van der Waals surface area contributed by atoms with Gasteiger partial charge in [0.1, 0.15) is 5.75 Å². The van der Waals surface area contributed by atoms with Crippen LogP contribution in [-0.2, 0) is 6.54 Å². The predicted molar refractivity (Wildman–Crippen MR) is 92.4 cm³/mol. The number of benzene rings is 2. The number of nitrogens with one attached hydrogen (secondary N) is 1. The van der Waals surface area contributed by atoms with E-state index < -0.39 is 0 Å². The highest BCUT2D eigenvalue weighted by Gasteiger charge is 2.03. The van der Waals surface area contributed by atoms with Crippen LogP contribution in [0.4, 0.5) is 5.69 Å². The molecule has 4 nitrogen and oxygen atoms in total. The van der Waals surface area contributed by atoms with Gasteiger partial charge in [-0.3, -0.25) is 0 Å². The molecular weight excluding hydrogens is 274 g/mol. The number of hydrogen-bond donors (Lipinski definition) is 3. The molecule has 2 aromatic rings. The molecule has 0 spiro atoms. The molecule has 4 N–H and O–H groups in total. The number of aromatic hydroxyl groups is 1. The number of nitrogens with two attached hydrogens (primary N) is 1. The Morgan fingerprint density at radius 3 is 2.23 bits per heavy atom. The molecule has 0 fully saturated rings. The van der Waals surface area contributed by atoms with Crippen molar-refractivity contribution >= 4 is 11.6 Å². The van der Waals surface area contributed by atoms with E-state index in [1.54, 1.807) is 0 Å². The van der Waals surface area contributed by atoms with Crippen molar-refractivity contribution in [2.75, 3.05) is 5.32 Å². The molecule has 0 saturated heterocycles. The van der Waals surface area contributed by atoms with Crippen molar-refractivity contribution in [3.05, 3.63) is 58.1 Å². The van der Waals surface area contributed by atoms with Gasteiger partial charge in [0.15, 0.2) is 5.96 Å². The molecule has 2 rings (SSSR count). The first kappa shape index (κ1) is 15.9. The van der Waals surface area contributed by atoms with E-state index in [0.29, 0.717) is 18.3 Å². The maximum Gasteiger partial charge on any atom is 0.193 e. The number of hydrogen-bond acceptors (Lipinski definition) is 2. The molecule has 22 heavy (non-hydrogen) atoms. The van der Waals surface area contributed by atoms with Crippen LogP contribution in [0.15, 0.2) is 35.3 Å². The quantitative estimate of drug-likeness (QED) is 0.599. The maximum atomic E-state index is 9.78. The summed E-state index contributed by atoms with van der Waals surface area (Å²) in [4.78, 5) is 4.36. The first-order valence-electron chi connectivity index (χ1n) is 7.30. The second-order valence-electron chi connectivity index (χ2n) is 5.70. The second-order valence-corrected chi connectivity index (χ2v) is 5.70. The molecule has 0 aliphatic rings. The topological polar surface area (TPSA) is 70.6 Å². The number of rotatable bonds is 3. The lowest BCUT2D eigenvalue weighted by Crippen LogP contribution is -2.22. The van der Waals surface area contributed by atoms with Crippen molar-refractivity contribution in [3.63, 3.8) is 0 Å². The third-order valence-corrected chi connectivity index (χ3v) is 3.76. The summed E-state index contributed by atoms with van der Waals surface area (Å²) >= 11 is 0. The summed E-state index contributed by atoms with van der Waals surface area (Å²) < 4.78 is 0. The minimum atomic E-state index is 0.342. The Bertz CT molecular complexity index is 697. The minimum Gasteiger partial charge on any atom is -0.507 e. The lowest BCUT2D eigenvalue weighted by atomic mass is 10.1. The molecule has 4 heteroatoms. The third-order valence-electron chi connectivity index (χ3n) is 3.76. The van der Waals surface area contributed by atoms with Crippen molar-refractivity contribution < 1.29 is 5.11 Å². The molecule has 0 amide bonds. The van der Waals surface area contributed by atoms with Crippen molar-refractivity contribution in [3.8, 4) is 5.75 Å². The largest absolute Gasteiger partial charge is 0.507 e. The van der Waals surface area contributed by atoms with Gasteiger partial charge in [-0.15, -0.1) is 0 Å². The van der Waals surface area contributed by atoms with Crippen LogP contribution in [0.3, 0.4) is 0 Å². The molecule has 0 atom stereocenters. The lowest BCUT2D eigenvalue weighted by molar-refractivity contribution is 0.466. The van der Waals surface area contributed by atoms with Crippen LogP contribution in [0.2, 0.25) is 0 Å². The lowest BCUT2D eigenvalue weighted by Gasteiger charge is -2.09. The summed E-state index contributed by atoms with van der Waals surface area (Å²) in [6.45, 7) is 8.38. The summed E-state index contributed by atoms with van der Waals surface area (Å²) in [5, 5.41) is 12.9. The van der Waals surface area contributed by atoms with Crippen LogP contribution in [0.1, 0.15) is 27.8 Å². The molecule has 0 bridgehead atoms. The van der Waals surface area contributed by atoms with Gasteiger partial charge in [-0.1, -0.05) is 18.2 Å². The van der Waals surface area contributed by atoms with Gasteiger partial charge < -0.3 is 16.2 Å². The van der Waals surface area contributed by atoms with Gasteiger partial charge in [0.25, 0.3) is 0 Å². The van der Waals surface area contributed by atoms with Gasteiger partial charge in [-0.25, -0.2) is 4.99 Å². The molecule has 0 aliphatic carbocycles. The summed E-state index contributed by atoms with van der Waals surface area (Å²) in [5.41, 5.74) is 12.1. The number of nitrogens with zero attached hydrogens (tertiary/aromatic N) is 1. The van der Waals surface area contributed by atoms with Gasteiger partial charge >= 0.3 is 0 Å². The fraction of sp³-hybridized carbons (Fsp3) is 0.278. The van der Waals surface area contributed by atoms with E-state index in [9.17, 15) is 5.11 Å². The third kappa shape index (κ3) is 3.79. The van der Waals surface area contributed by atoms with Crippen molar-refractivity contribution in [1.29, 1.82) is 0 Å². The summed E-state index contributed by atoms with van der Waals surface area (Å²) in [6.07, 6.45) is 0. The average molecular weight is 297 g/mol. The highest BCUT2D eigenvalue weighted by molar-refractivity contribution is 5.92. The molecule has 0 unspecified atom stereocenters. The monoisotopic (exact) mass is 297 g/mol. The number of guanidine groups is 1. The first-order chi connectivity index (χ1) is 10.4. The van der Waals surface area contributed by atoms with E-state index in [1.165, 1.54) is 11.1 Å². The summed E-state index contributed by atoms with van der Waals surface area (Å²) in [6, 6.07) is 9.94. The molecule has 0 heterocycles. The SMILES string of the molecule is Cc1ccc(NC(N)=NCc2cc(C)c(O)c(C)c2)cc1C. The predicted octanol–water partition coefficient (Wildman–Crippen LogP) is 3.55. The Hall–Kier alpha value is -2.49. The Morgan fingerprint density at radius 1 is 1.00 bits per heavy atom. The van der Waals surface area contributed by atoms with Crippen LogP contribution in [0, 0.1) is 27.7 Å². The fourth-order valence-corrected chi connectivity index (χ4v) is 2.32. The Morgan fingerprint density at radius 2 is 1.64 bits per heavy atom. The normalized spacial score (nSPS) is 11.5. The Balaban J connectivity index is 2.08. The molecule has 0 aliphatic heterocycles. The van der Waals surface area contributed by atoms with Gasteiger partial charge in [0.05, 0.1) is 6.54 Å². The molecule has 116 valence electrons. The molecular formula is C18H23N3O. The summed E-state index contributed by atoms with van der Waals surface area (Å²) in [5.74, 6) is 0.723. The zero-order chi connectivity index (χ0) is 16.3. The van der Waals surface area contributed by atoms with E-state index >= 15 is 0 Å². The van der Waals surface area contributed by atoms with E-state index in [-0.39, 0.29) is 0 Å². The highest BCUT2D eigenvalue weighted by Crippen LogP contribution is 2.23. The van der Waals surface area contributed by atoms with Crippen LogP contribution in [-0.4, -0.2) is 11.1 Å². The zero-order valence-corrected chi connectivity index (χ0v) is 13.6. The molecule has 0 radical (unpaired) electrons.